The van der Waals surface area contributed by atoms with Gasteiger partial charge in [0.2, 0.25) is 11.8 Å². The molecule has 1 rings (SSSR count). The van der Waals surface area contributed by atoms with Gasteiger partial charge in [0.25, 0.3) is 0 Å². The molecule has 1 fully saturated rings. The second kappa shape index (κ2) is 7.50. The Hall–Kier alpha value is -0.810. The summed E-state index contributed by atoms with van der Waals surface area (Å²) in [4.78, 5) is 26.8. The van der Waals surface area contributed by atoms with Crippen LogP contribution in [0.3, 0.4) is 0 Å². The topological polar surface area (TPSA) is 52.7 Å². The van der Waals surface area contributed by atoms with Crippen LogP contribution in [0.2, 0.25) is 0 Å². The van der Waals surface area contributed by atoms with Gasteiger partial charge in [0.15, 0.2) is 0 Å². The Kier molecular flexibility index (Phi) is 7.15. The monoisotopic (exact) mass is 263 g/mol. The first-order valence-corrected chi connectivity index (χ1v) is 5.76. The molecular formula is C11H22ClN3O2. The number of rotatable bonds is 3. The molecular weight excluding hydrogens is 242 g/mol. The van der Waals surface area contributed by atoms with Crippen LogP contribution in [-0.2, 0) is 9.59 Å². The van der Waals surface area contributed by atoms with E-state index in [-0.39, 0.29) is 36.7 Å². The first kappa shape index (κ1) is 16.2. The van der Waals surface area contributed by atoms with Crippen molar-refractivity contribution in [1.29, 1.82) is 0 Å². The number of carbonyl (C=O) groups excluding carboxylic acids is 2. The second-order valence-corrected chi connectivity index (χ2v) is 4.48. The molecule has 1 aliphatic heterocycles. The third-order valence-corrected chi connectivity index (χ3v) is 2.71. The van der Waals surface area contributed by atoms with Crippen LogP contribution in [0.15, 0.2) is 0 Å². The summed E-state index contributed by atoms with van der Waals surface area (Å²) in [6.45, 7) is 7.03. The first-order valence-electron chi connectivity index (χ1n) is 5.76. The number of halogens is 1. The molecule has 0 spiro atoms. The average molecular weight is 264 g/mol. The fourth-order valence-corrected chi connectivity index (χ4v) is 1.74. The van der Waals surface area contributed by atoms with Gasteiger partial charge in [-0.15, -0.1) is 12.4 Å². The summed E-state index contributed by atoms with van der Waals surface area (Å²) in [5.41, 5.74) is 0. The van der Waals surface area contributed by atoms with Crippen molar-refractivity contribution in [3.8, 4) is 0 Å². The standard InChI is InChI=1S/C11H21N3O2.ClH/c1-9(2)11(16)13(3)8-10(15)14-6-4-12-5-7-14;/h9,12H,4-8H2,1-3H3;1H. The predicted octanol–water partition coefficient (Wildman–Crippen LogP) is -0.0456. The maximum atomic E-state index is 11.8. The summed E-state index contributed by atoms with van der Waals surface area (Å²) in [7, 11) is 1.68. The quantitative estimate of drug-likeness (QED) is 0.777. The molecule has 1 aliphatic rings. The van der Waals surface area contributed by atoms with E-state index in [1.165, 1.54) is 4.90 Å². The van der Waals surface area contributed by atoms with Gasteiger partial charge in [-0.2, -0.15) is 0 Å². The van der Waals surface area contributed by atoms with Crippen LogP contribution in [0.25, 0.3) is 0 Å². The SMILES string of the molecule is CC(C)C(=O)N(C)CC(=O)N1CCNCC1.Cl. The van der Waals surface area contributed by atoms with E-state index in [1.807, 2.05) is 13.8 Å². The maximum Gasteiger partial charge on any atom is 0.242 e. The first-order chi connectivity index (χ1) is 7.52. The summed E-state index contributed by atoms with van der Waals surface area (Å²) < 4.78 is 0. The van der Waals surface area contributed by atoms with Crippen molar-refractivity contribution >= 4 is 24.2 Å². The lowest BCUT2D eigenvalue weighted by atomic mass is 10.2. The van der Waals surface area contributed by atoms with Crippen LogP contribution < -0.4 is 5.32 Å². The van der Waals surface area contributed by atoms with Crippen molar-refractivity contribution in [2.45, 2.75) is 13.8 Å². The number of likely N-dealkylation sites (N-methyl/N-ethyl adjacent to an activating group) is 1. The number of nitrogens with one attached hydrogen (secondary N) is 1. The van der Waals surface area contributed by atoms with Gasteiger partial charge in [0.05, 0.1) is 6.54 Å². The molecule has 0 bridgehead atoms. The fourth-order valence-electron chi connectivity index (χ4n) is 1.74. The highest BCUT2D eigenvalue weighted by Gasteiger charge is 2.20. The Balaban J connectivity index is 0.00000256. The molecule has 0 unspecified atom stereocenters. The molecule has 0 aromatic heterocycles. The van der Waals surface area contributed by atoms with Gasteiger partial charge < -0.3 is 15.1 Å². The molecule has 0 radical (unpaired) electrons. The van der Waals surface area contributed by atoms with Crippen molar-refractivity contribution in [2.24, 2.45) is 5.92 Å². The molecule has 100 valence electrons. The highest BCUT2D eigenvalue weighted by molar-refractivity contribution is 5.85. The molecule has 17 heavy (non-hydrogen) atoms. The molecule has 1 saturated heterocycles. The molecule has 0 aliphatic carbocycles. The van der Waals surface area contributed by atoms with Crippen LogP contribution in [-0.4, -0.2) is 61.4 Å². The van der Waals surface area contributed by atoms with Crippen LogP contribution in [0.1, 0.15) is 13.8 Å². The average Bonchev–Trinajstić information content (AvgIpc) is 2.28. The Labute approximate surface area is 109 Å². The minimum absolute atomic E-state index is 0. The number of hydrogen-bond donors (Lipinski definition) is 1. The highest BCUT2D eigenvalue weighted by atomic mass is 35.5. The number of amides is 2. The Bertz CT molecular complexity index is 265. The molecule has 0 aromatic rings. The van der Waals surface area contributed by atoms with Crippen LogP contribution in [0.5, 0.6) is 0 Å². The van der Waals surface area contributed by atoms with Gasteiger partial charge in [0.1, 0.15) is 0 Å². The number of nitrogens with zero attached hydrogens (tertiary/aromatic N) is 2. The molecule has 0 saturated carbocycles. The van der Waals surface area contributed by atoms with Gasteiger partial charge in [-0.3, -0.25) is 9.59 Å². The maximum absolute atomic E-state index is 11.8. The van der Waals surface area contributed by atoms with E-state index < -0.39 is 0 Å². The lowest BCUT2D eigenvalue weighted by Crippen LogP contribution is -2.50. The largest absolute Gasteiger partial charge is 0.339 e. The summed E-state index contributed by atoms with van der Waals surface area (Å²) >= 11 is 0. The van der Waals surface area contributed by atoms with Gasteiger partial charge in [-0.1, -0.05) is 13.8 Å². The molecule has 2 amide bonds. The van der Waals surface area contributed by atoms with Gasteiger partial charge in [0, 0.05) is 39.1 Å². The number of piperazine rings is 1. The summed E-state index contributed by atoms with van der Waals surface area (Å²) in [5, 5.41) is 3.19. The van der Waals surface area contributed by atoms with Crippen molar-refractivity contribution in [3.05, 3.63) is 0 Å². The van der Waals surface area contributed by atoms with E-state index in [4.69, 9.17) is 0 Å². The molecule has 0 atom stereocenters. The summed E-state index contributed by atoms with van der Waals surface area (Å²) in [6.07, 6.45) is 0. The molecule has 1 heterocycles. The lowest BCUT2D eigenvalue weighted by molar-refractivity contribution is -0.141. The zero-order valence-electron chi connectivity index (χ0n) is 10.7. The number of hydrogen-bond acceptors (Lipinski definition) is 3. The van der Waals surface area contributed by atoms with Crippen molar-refractivity contribution in [2.75, 3.05) is 39.8 Å². The van der Waals surface area contributed by atoms with Gasteiger partial charge in [-0.05, 0) is 0 Å². The smallest absolute Gasteiger partial charge is 0.242 e. The lowest BCUT2D eigenvalue weighted by Gasteiger charge is -2.29. The normalized spacial score (nSPS) is 15.4. The van der Waals surface area contributed by atoms with E-state index in [2.05, 4.69) is 5.32 Å². The van der Waals surface area contributed by atoms with Crippen molar-refractivity contribution in [3.63, 3.8) is 0 Å². The van der Waals surface area contributed by atoms with E-state index in [1.54, 1.807) is 11.9 Å². The summed E-state index contributed by atoms with van der Waals surface area (Å²) in [5.74, 6) is 0.00214. The highest BCUT2D eigenvalue weighted by Crippen LogP contribution is 2.01. The van der Waals surface area contributed by atoms with E-state index >= 15 is 0 Å². The van der Waals surface area contributed by atoms with Crippen molar-refractivity contribution < 1.29 is 9.59 Å². The van der Waals surface area contributed by atoms with E-state index in [0.29, 0.717) is 0 Å². The Morgan fingerprint density at radius 2 is 1.82 bits per heavy atom. The Morgan fingerprint density at radius 1 is 1.29 bits per heavy atom. The van der Waals surface area contributed by atoms with E-state index in [0.717, 1.165) is 26.2 Å². The van der Waals surface area contributed by atoms with Crippen LogP contribution >= 0.6 is 12.4 Å². The third-order valence-electron chi connectivity index (χ3n) is 2.71. The van der Waals surface area contributed by atoms with E-state index in [9.17, 15) is 9.59 Å². The fraction of sp³-hybridized carbons (Fsp3) is 0.818. The molecule has 0 aromatic carbocycles. The zero-order valence-corrected chi connectivity index (χ0v) is 11.5. The van der Waals surface area contributed by atoms with Gasteiger partial charge >= 0.3 is 0 Å². The summed E-state index contributed by atoms with van der Waals surface area (Å²) in [6, 6.07) is 0. The minimum atomic E-state index is -0.0548. The zero-order chi connectivity index (χ0) is 12.1. The predicted molar refractivity (Wildman–Crippen MR) is 69.2 cm³/mol. The molecule has 6 heteroatoms. The van der Waals surface area contributed by atoms with Gasteiger partial charge in [-0.25, -0.2) is 0 Å². The Morgan fingerprint density at radius 3 is 2.29 bits per heavy atom. The number of carbonyl (C=O) groups is 2. The van der Waals surface area contributed by atoms with Crippen LogP contribution in [0.4, 0.5) is 0 Å². The molecule has 1 N–H and O–H groups in total. The van der Waals surface area contributed by atoms with Crippen LogP contribution in [0, 0.1) is 5.92 Å². The minimum Gasteiger partial charge on any atom is -0.339 e. The molecule has 5 nitrogen and oxygen atoms in total. The third kappa shape index (κ3) is 4.91. The second-order valence-electron chi connectivity index (χ2n) is 4.48. The van der Waals surface area contributed by atoms with Crippen molar-refractivity contribution in [1.82, 2.24) is 15.1 Å².